The Kier molecular flexibility index (Phi) is 5.81. The molecule has 1 saturated heterocycles. The van der Waals surface area contributed by atoms with Gasteiger partial charge in [-0.05, 0) is 42.5 Å². The second kappa shape index (κ2) is 8.65. The fourth-order valence-electron chi connectivity index (χ4n) is 3.96. The second-order valence-electron chi connectivity index (χ2n) is 7.51. The third-order valence-corrected chi connectivity index (χ3v) is 5.71. The molecule has 1 fully saturated rings. The van der Waals surface area contributed by atoms with Gasteiger partial charge in [0.05, 0.1) is 0 Å². The molecular formula is C23H27NO4. The first-order valence-electron chi connectivity index (χ1n) is 10.0. The van der Waals surface area contributed by atoms with E-state index in [4.69, 9.17) is 14.2 Å². The number of carbonyl (C=O) groups excluding carboxylic acids is 1. The summed E-state index contributed by atoms with van der Waals surface area (Å²) in [4.78, 5) is 12.5. The minimum Gasteiger partial charge on any atom is -0.486 e. The SMILES string of the molecule is O=C(CCc1ccccc1)NCC1(c2ccc3c(c2)OCCO3)CCOCC1. The molecule has 0 aromatic heterocycles. The molecule has 2 aromatic carbocycles. The zero-order valence-electron chi connectivity index (χ0n) is 16.1. The topological polar surface area (TPSA) is 56.8 Å². The molecule has 2 aliphatic heterocycles. The van der Waals surface area contributed by atoms with Crippen LogP contribution in [0.5, 0.6) is 11.5 Å². The summed E-state index contributed by atoms with van der Waals surface area (Å²) in [6.45, 7) is 3.18. The van der Waals surface area contributed by atoms with Gasteiger partial charge in [0.25, 0.3) is 0 Å². The average Bonchev–Trinajstić information content (AvgIpc) is 2.77. The number of amides is 1. The van der Waals surface area contributed by atoms with Crippen LogP contribution in [0.1, 0.15) is 30.4 Å². The minimum atomic E-state index is -0.128. The molecule has 0 saturated carbocycles. The number of benzene rings is 2. The maximum absolute atomic E-state index is 12.5. The van der Waals surface area contributed by atoms with E-state index in [9.17, 15) is 4.79 Å². The van der Waals surface area contributed by atoms with Crippen LogP contribution >= 0.6 is 0 Å². The quantitative estimate of drug-likeness (QED) is 0.835. The summed E-state index contributed by atoms with van der Waals surface area (Å²) in [6, 6.07) is 16.3. The van der Waals surface area contributed by atoms with E-state index in [1.54, 1.807) is 0 Å². The number of aryl methyl sites for hydroxylation is 1. The monoisotopic (exact) mass is 381 g/mol. The first-order valence-corrected chi connectivity index (χ1v) is 10.0. The van der Waals surface area contributed by atoms with Gasteiger partial charge in [-0.3, -0.25) is 4.79 Å². The predicted octanol–water partition coefficient (Wildman–Crippen LogP) is 3.26. The summed E-state index contributed by atoms with van der Waals surface area (Å²) in [5.41, 5.74) is 2.24. The Balaban J connectivity index is 1.43. The molecule has 0 radical (unpaired) electrons. The normalized spacial score (nSPS) is 17.7. The minimum absolute atomic E-state index is 0.0901. The Morgan fingerprint density at radius 1 is 0.929 bits per heavy atom. The fourth-order valence-corrected chi connectivity index (χ4v) is 3.96. The van der Waals surface area contributed by atoms with Crippen molar-refractivity contribution in [1.29, 1.82) is 0 Å². The maximum atomic E-state index is 12.5. The number of hydrogen-bond donors (Lipinski definition) is 1. The van der Waals surface area contributed by atoms with Crippen molar-refractivity contribution in [3.05, 3.63) is 59.7 Å². The van der Waals surface area contributed by atoms with Crippen molar-refractivity contribution < 1.29 is 19.0 Å². The number of fused-ring (bicyclic) bond motifs is 1. The van der Waals surface area contributed by atoms with E-state index in [1.807, 2.05) is 24.3 Å². The molecule has 0 spiro atoms. The van der Waals surface area contributed by atoms with Crippen LogP contribution in [0.2, 0.25) is 0 Å². The van der Waals surface area contributed by atoms with E-state index in [-0.39, 0.29) is 11.3 Å². The van der Waals surface area contributed by atoms with Gasteiger partial charge in [0.15, 0.2) is 11.5 Å². The first-order chi connectivity index (χ1) is 13.8. The van der Waals surface area contributed by atoms with Crippen molar-refractivity contribution in [2.45, 2.75) is 31.1 Å². The van der Waals surface area contributed by atoms with Gasteiger partial charge in [-0.1, -0.05) is 36.4 Å². The largest absolute Gasteiger partial charge is 0.486 e. The van der Waals surface area contributed by atoms with Crippen LogP contribution in [0.15, 0.2) is 48.5 Å². The zero-order valence-corrected chi connectivity index (χ0v) is 16.1. The molecule has 2 aromatic rings. The molecule has 0 bridgehead atoms. The number of nitrogens with one attached hydrogen (secondary N) is 1. The van der Waals surface area contributed by atoms with E-state index in [0.29, 0.717) is 39.4 Å². The van der Waals surface area contributed by atoms with E-state index in [2.05, 4.69) is 29.6 Å². The highest BCUT2D eigenvalue weighted by Crippen LogP contribution is 2.39. The van der Waals surface area contributed by atoms with Gasteiger partial charge in [-0.15, -0.1) is 0 Å². The van der Waals surface area contributed by atoms with E-state index < -0.39 is 0 Å². The molecule has 4 rings (SSSR count). The highest BCUT2D eigenvalue weighted by Gasteiger charge is 2.35. The molecule has 2 heterocycles. The molecule has 5 heteroatoms. The molecule has 0 aliphatic carbocycles. The molecule has 2 aliphatic rings. The second-order valence-corrected chi connectivity index (χ2v) is 7.51. The maximum Gasteiger partial charge on any atom is 0.220 e. The molecule has 1 N–H and O–H groups in total. The van der Waals surface area contributed by atoms with Crippen LogP contribution in [-0.2, 0) is 21.4 Å². The van der Waals surface area contributed by atoms with Crippen LogP contribution in [0.4, 0.5) is 0 Å². The van der Waals surface area contributed by atoms with Crippen molar-refractivity contribution in [2.75, 3.05) is 33.0 Å². The van der Waals surface area contributed by atoms with Crippen LogP contribution in [0.3, 0.4) is 0 Å². The lowest BCUT2D eigenvalue weighted by Crippen LogP contribution is -2.44. The lowest BCUT2D eigenvalue weighted by atomic mass is 9.74. The number of rotatable bonds is 6. The van der Waals surface area contributed by atoms with Crippen molar-refractivity contribution in [3.8, 4) is 11.5 Å². The molecule has 1 amide bonds. The summed E-state index contributed by atoms with van der Waals surface area (Å²) in [5.74, 6) is 1.68. The van der Waals surface area contributed by atoms with Crippen LogP contribution in [-0.4, -0.2) is 38.9 Å². The highest BCUT2D eigenvalue weighted by molar-refractivity contribution is 5.76. The first kappa shape index (κ1) is 18.8. The van der Waals surface area contributed by atoms with Gasteiger partial charge >= 0.3 is 0 Å². The van der Waals surface area contributed by atoms with Crippen molar-refractivity contribution in [3.63, 3.8) is 0 Å². The summed E-state index contributed by atoms with van der Waals surface area (Å²) in [5, 5.41) is 3.18. The van der Waals surface area contributed by atoms with Crippen LogP contribution in [0.25, 0.3) is 0 Å². The molecule has 0 unspecified atom stereocenters. The summed E-state index contributed by atoms with van der Waals surface area (Å²) in [7, 11) is 0. The Bertz CT molecular complexity index is 800. The third kappa shape index (κ3) is 4.30. The standard InChI is InChI=1S/C23H27NO4/c25-22(9-6-18-4-2-1-3-5-18)24-17-23(10-12-26-13-11-23)19-7-8-20-21(16-19)28-15-14-27-20/h1-5,7-8,16H,6,9-15,17H2,(H,24,25). The lowest BCUT2D eigenvalue weighted by Gasteiger charge is -2.38. The summed E-state index contributed by atoms with van der Waals surface area (Å²) >= 11 is 0. The fraction of sp³-hybridized carbons (Fsp3) is 0.435. The third-order valence-electron chi connectivity index (χ3n) is 5.71. The van der Waals surface area contributed by atoms with E-state index in [1.165, 1.54) is 11.1 Å². The smallest absolute Gasteiger partial charge is 0.220 e. The predicted molar refractivity (Wildman–Crippen MR) is 107 cm³/mol. The zero-order chi connectivity index (χ0) is 19.2. The van der Waals surface area contributed by atoms with Gasteiger partial charge in [-0.2, -0.15) is 0 Å². The van der Waals surface area contributed by atoms with Gasteiger partial charge in [-0.25, -0.2) is 0 Å². The molecule has 148 valence electrons. The Morgan fingerprint density at radius 2 is 1.68 bits per heavy atom. The van der Waals surface area contributed by atoms with Crippen molar-refractivity contribution in [1.82, 2.24) is 5.32 Å². The van der Waals surface area contributed by atoms with Gasteiger partial charge in [0.1, 0.15) is 13.2 Å². The van der Waals surface area contributed by atoms with Crippen LogP contribution in [0, 0.1) is 0 Å². The van der Waals surface area contributed by atoms with Gasteiger partial charge in [0.2, 0.25) is 5.91 Å². The van der Waals surface area contributed by atoms with E-state index in [0.717, 1.165) is 30.8 Å². The summed E-state index contributed by atoms with van der Waals surface area (Å²) in [6.07, 6.45) is 3.02. The number of ether oxygens (including phenoxy) is 3. The number of carbonyl (C=O) groups is 1. The number of hydrogen-bond acceptors (Lipinski definition) is 4. The molecule has 0 atom stereocenters. The van der Waals surface area contributed by atoms with Crippen molar-refractivity contribution >= 4 is 5.91 Å². The molecule has 28 heavy (non-hydrogen) atoms. The lowest BCUT2D eigenvalue weighted by molar-refractivity contribution is -0.121. The Morgan fingerprint density at radius 3 is 2.46 bits per heavy atom. The highest BCUT2D eigenvalue weighted by atomic mass is 16.6. The van der Waals surface area contributed by atoms with Crippen LogP contribution < -0.4 is 14.8 Å². The molecular weight excluding hydrogens is 354 g/mol. The average molecular weight is 381 g/mol. The molecule has 5 nitrogen and oxygen atoms in total. The van der Waals surface area contributed by atoms with Gasteiger partial charge in [0, 0.05) is 31.6 Å². The Hall–Kier alpha value is -2.53. The Labute approximate surface area is 166 Å². The van der Waals surface area contributed by atoms with E-state index >= 15 is 0 Å². The van der Waals surface area contributed by atoms with Crippen molar-refractivity contribution in [2.24, 2.45) is 0 Å². The summed E-state index contributed by atoms with van der Waals surface area (Å²) < 4.78 is 17.0. The van der Waals surface area contributed by atoms with Gasteiger partial charge < -0.3 is 19.5 Å².